The number of nitrogens with zero attached hydrogens (tertiary/aromatic N) is 1. The average Bonchev–Trinajstić information content (AvgIpc) is 2.37. The normalized spacial score (nSPS) is 13.1. The molecular formula is C15H26N2O. The molecular weight excluding hydrogens is 224 g/mol. The van der Waals surface area contributed by atoms with E-state index in [-0.39, 0.29) is 6.04 Å². The quantitative estimate of drug-likeness (QED) is 0.808. The second-order valence-corrected chi connectivity index (χ2v) is 4.93. The van der Waals surface area contributed by atoms with Crippen molar-refractivity contribution in [3.8, 4) is 5.75 Å². The van der Waals surface area contributed by atoms with Crippen molar-refractivity contribution in [2.75, 3.05) is 20.2 Å². The first-order valence-corrected chi connectivity index (χ1v) is 6.74. The summed E-state index contributed by atoms with van der Waals surface area (Å²) in [5.74, 6) is 0.935. The third kappa shape index (κ3) is 4.00. The number of likely N-dealkylation sites (N-methyl/N-ethyl adjacent to an activating group) is 1. The lowest BCUT2D eigenvalue weighted by molar-refractivity contribution is 0.200. The standard InChI is InChI=1S/C15H26N2O/c1-5-9-18-14-8-6-7-13(10-14)15(11-16)17(4)12(2)3/h6-8,10,12,15H,5,9,11,16H2,1-4H3. The Kier molecular flexibility index (Phi) is 6.16. The third-order valence-corrected chi connectivity index (χ3v) is 3.25. The zero-order valence-electron chi connectivity index (χ0n) is 12.0. The van der Waals surface area contributed by atoms with E-state index in [1.54, 1.807) is 0 Å². The highest BCUT2D eigenvalue weighted by molar-refractivity contribution is 5.31. The van der Waals surface area contributed by atoms with Crippen LogP contribution in [0.5, 0.6) is 5.75 Å². The van der Waals surface area contributed by atoms with Crippen LogP contribution in [0.15, 0.2) is 24.3 Å². The van der Waals surface area contributed by atoms with E-state index in [0.717, 1.165) is 18.8 Å². The molecule has 0 amide bonds. The maximum Gasteiger partial charge on any atom is 0.119 e. The van der Waals surface area contributed by atoms with Gasteiger partial charge in [0.05, 0.1) is 6.61 Å². The molecule has 1 aromatic rings. The average molecular weight is 250 g/mol. The Hall–Kier alpha value is -1.06. The molecule has 0 fully saturated rings. The smallest absolute Gasteiger partial charge is 0.119 e. The summed E-state index contributed by atoms with van der Waals surface area (Å²) in [5, 5.41) is 0. The second kappa shape index (κ2) is 7.39. The Morgan fingerprint density at radius 2 is 2.06 bits per heavy atom. The molecule has 1 aromatic carbocycles. The minimum absolute atomic E-state index is 0.246. The van der Waals surface area contributed by atoms with E-state index in [4.69, 9.17) is 10.5 Å². The first-order chi connectivity index (χ1) is 8.60. The lowest BCUT2D eigenvalue weighted by atomic mass is 10.0. The van der Waals surface area contributed by atoms with Crippen LogP contribution in [-0.4, -0.2) is 31.1 Å². The molecule has 18 heavy (non-hydrogen) atoms. The van der Waals surface area contributed by atoms with E-state index in [9.17, 15) is 0 Å². The summed E-state index contributed by atoms with van der Waals surface area (Å²) in [7, 11) is 2.11. The van der Waals surface area contributed by atoms with Crippen LogP contribution in [-0.2, 0) is 0 Å². The molecule has 1 unspecified atom stereocenters. The fourth-order valence-electron chi connectivity index (χ4n) is 1.93. The number of hydrogen-bond acceptors (Lipinski definition) is 3. The third-order valence-electron chi connectivity index (χ3n) is 3.25. The van der Waals surface area contributed by atoms with Gasteiger partial charge in [0.15, 0.2) is 0 Å². The van der Waals surface area contributed by atoms with Crippen molar-refractivity contribution in [2.45, 2.75) is 39.3 Å². The Labute approximate surface area is 111 Å². The Bertz CT molecular complexity index is 352. The first kappa shape index (κ1) is 15.0. The highest BCUT2D eigenvalue weighted by Gasteiger charge is 2.18. The fraction of sp³-hybridized carbons (Fsp3) is 0.600. The summed E-state index contributed by atoms with van der Waals surface area (Å²) in [6.07, 6.45) is 1.02. The summed E-state index contributed by atoms with van der Waals surface area (Å²) in [4.78, 5) is 2.29. The van der Waals surface area contributed by atoms with Crippen molar-refractivity contribution in [1.82, 2.24) is 4.90 Å². The molecule has 0 bridgehead atoms. The monoisotopic (exact) mass is 250 g/mol. The van der Waals surface area contributed by atoms with E-state index < -0.39 is 0 Å². The highest BCUT2D eigenvalue weighted by atomic mass is 16.5. The van der Waals surface area contributed by atoms with Gasteiger partial charge in [0.2, 0.25) is 0 Å². The summed E-state index contributed by atoms with van der Waals surface area (Å²) in [6.45, 7) is 7.85. The number of ether oxygens (including phenoxy) is 1. The van der Waals surface area contributed by atoms with Crippen molar-refractivity contribution in [1.29, 1.82) is 0 Å². The number of rotatable bonds is 7. The van der Waals surface area contributed by atoms with Crippen molar-refractivity contribution < 1.29 is 4.74 Å². The topological polar surface area (TPSA) is 38.5 Å². The van der Waals surface area contributed by atoms with Crippen molar-refractivity contribution in [3.05, 3.63) is 29.8 Å². The highest BCUT2D eigenvalue weighted by Crippen LogP contribution is 2.24. The Morgan fingerprint density at radius 1 is 1.33 bits per heavy atom. The molecule has 3 heteroatoms. The van der Waals surface area contributed by atoms with Crippen LogP contribution in [0.2, 0.25) is 0 Å². The molecule has 2 N–H and O–H groups in total. The van der Waals surface area contributed by atoms with Crippen molar-refractivity contribution in [3.63, 3.8) is 0 Å². The molecule has 0 radical (unpaired) electrons. The van der Waals surface area contributed by atoms with Gasteiger partial charge in [-0.25, -0.2) is 0 Å². The predicted octanol–water partition coefficient (Wildman–Crippen LogP) is 2.82. The van der Waals surface area contributed by atoms with Gasteiger partial charge in [-0.1, -0.05) is 19.1 Å². The molecule has 0 aliphatic carbocycles. The van der Waals surface area contributed by atoms with Gasteiger partial charge in [0.1, 0.15) is 5.75 Å². The first-order valence-electron chi connectivity index (χ1n) is 6.74. The molecule has 0 aromatic heterocycles. The lowest BCUT2D eigenvalue weighted by Gasteiger charge is -2.31. The zero-order valence-corrected chi connectivity index (χ0v) is 12.0. The van der Waals surface area contributed by atoms with Crippen molar-refractivity contribution >= 4 is 0 Å². The van der Waals surface area contributed by atoms with Gasteiger partial charge in [-0.15, -0.1) is 0 Å². The molecule has 3 nitrogen and oxygen atoms in total. The summed E-state index contributed by atoms with van der Waals surface area (Å²) >= 11 is 0. The van der Waals surface area contributed by atoms with E-state index >= 15 is 0 Å². The van der Waals surface area contributed by atoms with Crippen molar-refractivity contribution in [2.24, 2.45) is 5.73 Å². The van der Waals surface area contributed by atoms with Gasteiger partial charge in [0.25, 0.3) is 0 Å². The van der Waals surface area contributed by atoms with E-state index in [1.807, 2.05) is 12.1 Å². The van der Waals surface area contributed by atoms with Gasteiger partial charge in [0, 0.05) is 18.6 Å². The summed E-state index contributed by atoms with van der Waals surface area (Å²) in [5.41, 5.74) is 7.14. The molecule has 0 aliphatic rings. The number of benzene rings is 1. The Balaban J connectivity index is 2.85. The maximum absolute atomic E-state index is 5.91. The van der Waals surface area contributed by atoms with E-state index in [0.29, 0.717) is 12.6 Å². The van der Waals surface area contributed by atoms with Crippen LogP contribution < -0.4 is 10.5 Å². The summed E-state index contributed by atoms with van der Waals surface area (Å²) in [6, 6.07) is 8.98. The number of nitrogens with two attached hydrogens (primary N) is 1. The van der Waals surface area contributed by atoms with Crippen LogP contribution in [0, 0.1) is 0 Å². The van der Waals surface area contributed by atoms with Gasteiger partial charge in [-0.05, 0) is 45.0 Å². The second-order valence-electron chi connectivity index (χ2n) is 4.93. The predicted molar refractivity (Wildman–Crippen MR) is 76.9 cm³/mol. The molecule has 1 atom stereocenters. The van der Waals surface area contributed by atoms with Gasteiger partial charge in [-0.3, -0.25) is 4.90 Å². The SMILES string of the molecule is CCCOc1cccc(C(CN)N(C)C(C)C)c1. The Morgan fingerprint density at radius 3 is 2.61 bits per heavy atom. The largest absolute Gasteiger partial charge is 0.494 e. The number of hydrogen-bond donors (Lipinski definition) is 1. The molecule has 0 spiro atoms. The van der Waals surface area contributed by atoms with Crippen LogP contribution in [0.1, 0.15) is 38.8 Å². The molecule has 0 aliphatic heterocycles. The lowest BCUT2D eigenvalue weighted by Crippen LogP contribution is -2.35. The summed E-state index contributed by atoms with van der Waals surface area (Å²) < 4.78 is 5.67. The van der Waals surface area contributed by atoms with Crippen LogP contribution in [0.3, 0.4) is 0 Å². The van der Waals surface area contributed by atoms with E-state index in [1.165, 1.54) is 5.56 Å². The maximum atomic E-state index is 5.91. The van der Waals surface area contributed by atoms with Crippen LogP contribution in [0.25, 0.3) is 0 Å². The zero-order chi connectivity index (χ0) is 13.5. The minimum atomic E-state index is 0.246. The molecule has 0 heterocycles. The van der Waals surface area contributed by atoms with Crippen LogP contribution >= 0.6 is 0 Å². The van der Waals surface area contributed by atoms with Gasteiger partial charge < -0.3 is 10.5 Å². The van der Waals surface area contributed by atoms with Crippen LogP contribution in [0.4, 0.5) is 0 Å². The van der Waals surface area contributed by atoms with Gasteiger partial charge in [-0.2, -0.15) is 0 Å². The minimum Gasteiger partial charge on any atom is -0.494 e. The molecule has 1 rings (SSSR count). The molecule has 0 saturated carbocycles. The molecule has 102 valence electrons. The fourth-order valence-corrected chi connectivity index (χ4v) is 1.93. The van der Waals surface area contributed by atoms with E-state index in [2.05, 4.69) is 44.9 Å². The van der Waals surface area contributed by atoms with Gasteiger partial charge >= 0.3 is 0 Å². The molecule has 0 saturated heterocycles.